The first-order valence-electron chi connectivity index (χ1n) is 4.71. The molecule has 1 unspecified atom stereocenters. The van der Waals surface area contributed by atoms with Gasteiger partial charge < -0.3 is 15.1 Å². The fraction of sp³-hybridized carbons (Fsp3) is 0.667. The fourth-order valence-corrected chi connectivity index (χ4v) is 2.07. The van der Waals surface area contributed by atoms with Gasteiger partial charge in [-0.25, -0.2) is 4.79 Å². The van der Waals surface area contributed by atoms with Gasteiger partial charge in [0.15, 0.2) is 5.78 Å². The lowest BCUT2D eigenvalue weighted by Crippen LogP contribution is -2.52. The minimum Gasteiger partial charge on any atom is -0.481 e. The zero-order chi connectivity index (χ0) is 11.2. The molecule has 1 atom stereocenters. The number of nitrogens with zero attached hydrogens (tertiary/aromatic N) is 1. The summed E-state index contributed by atoms with van der Waals surface area (Å²) < 4.78 is 0. The van der Waals surface area contributed by atoms with E-state index in [2.05, 4.69) is 0 Å². The first-order valence-corrected chi connectivity index (χ1v) is 4.71. The third-order valence-corrected chi connectivity index (χ3v) is 3.16. The van der Waals surface area contributed by atoms with Crippen LogP contribution in [0.2, 0.25) is 0 Å². The normalized spacial score (nSPS) is 27.9. The number of carboxylic acid groups (broad SMARTS) is 2. The van der Waals surface area contributed by atoms with Crippen LogP contribution >= 0.6 is 0 Å². The highest BCUT2D eigenvalue weighted by molar-refractivity contribution is 6.04. The molecule has 1 aliphatic heterocycles. The van der Waals surface area contributed by atoms with Crippen molar-refractivity contribution in [2.75, 3.05) is 13.1 Å². The molecule has 2 rings (SSSR count). The standard InChI is InChI=1S/C9H11NO5/c11-6-5(7(12)13)3-10(8(14)15)4-9(6)1-2-9/h5H,1-4H2,(H,12,13)(H,14,15). The summed E-state index contributed by atoms with van der Waals surface area (Å²) in [6.07, 6.45) is 0.0683. The van der Waals surface area contributed by atoms with Gasteiger partial charge in [-0.05, 0) is 12.8 Å². The quantitative estimate of drug-likeness (QED) is 0.599. The number of aliphatic carboxylic acids is 1. The van der Waals surface area contributed by atoms with E-state index in [-0.39, 0.29) is 18.9 Å². The zero-order valence-corrected chi connectivity index (χ0v) is 7.97. The molecule has 1 amide bonds. The number of carbonyl (C=O) groups excluding carboxylic acids is 1. The highest BCUT2D eigenvalue weighted by Crippen LogP contribution is 2.50. The Morgan fingerprint density at radius 3 is 2.33 bits per heavy atom. The van der Waals surface area contributed by atoms with E-state index in [1.807, 2.05) is 0 Å². The smallest absolute Gasteiger partial charge is 0.407 e. The maximum atomic E-state index is 11.7. The lowest BCUT2D eigenvalue weighted by Gasteiger charge is -2.33. The van der Waals surface area contributed by atoms with Crippen molar-refractivity contribution < 1.29 is 24.6 Å². The molecule has 0 aromatic rings. The number of amides is 1. The first kappa shape index (κ1) is 9.95. The number of rotatable bonds is 1. The van der Waals surface area contributed by atoms with E-state index >= 15 is 0 Å². The number of Topliss-reactive ketones (excluding diaryl/α,β-unsaturated/α-hetero) is 1. The van der Waals surface area contributed by atoms with Crippen LogP contribution in [0.1, 0.15) is 12.8 Å². The molecule has 1 saturated carbocycles. The van der Waals surface area contributed by atoms with Gasteiger partial charge in [-0.15, -0.1) is 0 Å². The summed E-state index contributed by atoms with van der Waals surface area (Å²) in [6.45, 7) is -0.0593. The van der Waals surface area contributed by atoms with Gasteiger partial charge in [-0.1, -0.05) is 0 Å². The average Bonchev–Trinajstić information content (AvgIpc) is 2.90. The zero-order valence-electron chi connectivity index (χ0n) is 7.97. The van der Waals surface area contributed by atoms with Crippen LogP contribution in [0.4, 0.5) is 4.79 Å². The Morgan fingerprint density at radius 1 is 1.33 bits per heavy atom. The second-order valence-corrected chi connectivity index (χ2v) is 4.20. The molecule has 2 fully saturated rings. The molecule has 82 valence electrons. The highest BCUT2D eigenvalue weighted by Gasteiger charge is 2.58. The summed E-state index contributed by atoms with van der Waals surface area (Å²) in [7, 11) is 0. The van der Waals surface area contributed by atoms with Crippen LogP contribution in [-0.4, -0.2) is 46.0 Å². The lowest BCUT2D eigenvalue weighted by molar-refractivity contribution is -0.151. The summed E-state index contributed by atoms with van der Waals surface area (Å²) in [5.74, 6) is -2.71. The molecular weight excluding hydrogens is 202 g/mol. The minimum atomic E-state index is -1.22. The van der Waals surface area contributed by atoms with Crippen LogP contribution < -0.4 is 0 Å². The number of likely N-dealkylation sites (tertiary alicyclic amines) is 1. The number of carbonyl (C=O) groups is 3. The molecule has 1 saturated heterocycles. The summed E-state index contributed by atoms with van der Waals surface area (Å²) in [5.41, 5.74) is -0.681. The Labute approximate surface area is 85.5 Å². The number of piperidine rings is 1. The van der Waals surface area contributed by atoms with Crippen LogP contribution in [0.15, 0.2) is 0 Å². The number of hydrogen-bond acceptors (Lipinski definition) is 3. The monoisotopic (exact) mass is 213 g/mol. The van der Waals surface area contributed by atoms with Gasteiger partial charge >= 0.3 is 12.1 Å². The van der Waals surface area contributed by atoms with Crippen LogP contribution in [0, 0.1) is 11.3 Å². The van der Waals surface area contributed by atoms with Crippen molar-refractivity contribution in [2.45, 2.75) is 12.8 Å². The summed E-state index contributed by atoms with van der Waals surface area (Å²) in [4.78, 5) is 34.3. The Kier molecular flexibility index (Phi) is 1.95. The molecule has 2 N–H and O–H groups in total. The van der Waals surface area contributed by atoms with Gasteiger partial charge in [0, 0.05) is 18.5 Å². The SMILES string of the molecule is O=C(O)C1CN(C(=O)O)CC2(CC2)C1=O. The van der Waals surface area contributed by atoms with Gasteiger partial charge in [0.1, 0.15) is 5.92 Å². The highest BCUT2D eigenvalue weighted by atomic mass is 16.4. The van der Waals surface area contributed by atoms with Crippen molar-refractivity contribution in [2.24, 2.45) is 11.3 Å². The van der Waals surface area contributed by atoms with Gasteiger partial charge in [0.25, 0.3) is 0 Å². The molecular formula is C9H11NO5. The second-order valence-electron chi connectivity index (χ2n) is 4.20. The molecule has 6 nitrogen and oxygen atoms in total. The summed E-state index contributed by atoms with van der Waals surface area (Å²) in [5, 5.41) is 17.6. The predicted octanol–water partition coefficient (Wildman–Crippen LogP) is 0.0301. The molecule has 6 heteroatoms. The molecule has 0 aromatic heterocycles. The van der Waals surface area contributed by atoms with Crippen molar-refractivity contribution in [1.29, 1.82) is 0 Å². The molecule has 1 spiro atoms. The Balaban J connectivity index is 2.23. The van der Waals surface area contributed by atoms with Crippen molar-refractivity contribution in [3.8, 4) is 0 Å². The molecule has 0 bridgehead atoms. The van der Waals surface area contributed by atoms with Gasteiger partial charge in [-0.2, -0.15) is 0 Å². The van der Waals surface area contributed by atoms with E-state index in [0.717, 1.165) is 4.90 Å². The molecule has 0 radical (unpaired) electrons. The van der Waals surface area contributed by atoms with Gasteiger partial charge in [-0.3, -0.25) is 9.59 Å². The van der Waals surface area contributed by atoms with Gasteiger partial charge in [0.05, 0.1) is 0 Å². The maximum Gasteiger partial charge on any atom is 0.407 e. The maximum absolute atomic E-state index is 11.7. The van der Waals surface area contributed by atoms with Crippen LogP contribution in [-0.2, 0) is 9.59 Å². The van der Waals surface area contributed by atoms with E-state index in [0.29, 0.717) is 12.8 Å². The minimum absolute atomic E-state index is 0.158. The largest absolute Gasteiger partial charge is 0.481 e. The lowest BCUT2D eigenvalue weighted by atomic mass is 9.85. The van der Waals surface area contributed by atoms with E-state index in [1.165, 1.54) is 0 Å². The summed E-state index contributed by atoms with van der Waals surface area (Å²) >= 11 is 0. The van der Waals surface area contributed by atoms with Crippen molar-refractivity contribution in [1.82, 2.24) is 4.90 Å². The molecule has 2 aliphatic rings. The second kappa shape index (κ2) is 2.95. The van der Waals surface area contributed by atoms with E-state index in [4.69, 9.17) is 10.2 Å². The molecule has 15 heavy (non-hydrogen) atoms. The molecule has 0 aromatic carbocycles. The van der Waals surface area contributed by atoms with E-state index < -0.39 is 23.4 Å². The average molecular weight is 213 g/mol. The van der Waals surface area contributed by atoms with Crippen LogP contribution in [0.25, 0.3) is 0 Å². The topological polar surface area (TPSA) is 94.9 Å². The third kappa shape index (κ3) is 1.45. The van der Waals surface area contributed by atoms with Crippen LogP contribution in [0.5, 0.6) is 0 Å². The van der Waals surface area contributed by atoms with Gasteiger partial charge in [0.2, 0.25) is 0 Å². The molecule has 1 heterocycles. The molecule has 1 aliphatic carbocycles. The number of carboxylic acids is 1. The Hall–Kier alpha value is -1.59. The van der Waals surface area contributed by atoms with Crippen molar-refractivity contribution in [3.05, 3.63) is 0 Å². The van der Waals surface area contributed by atoms with Crippen LogP contribution in [0.3, 0.4) is 0 Å². The fourth-order valence-electron chi connectivity index (χ4n) is 2.07. The third-order valence-electron chi connectivity index (χ3n) is 3.16. The van der Waals surface area contributed by atoms with Crippen molar-refractivity contribution in [3.63, 3.8) is 0 Å². The predicted molar refractivity (Wildman–Crippen MR) is 47.4 cm³/mol. The van der Waals surface area contributed by atoms with E-state index in [1.54, 1.807) is 0 Å². The Morgan fingerprint density at radius 2 is 1.93 bits per heavy atom. The number of ketones is 1. The van der Waals surface area contributed by atoms with E-state index in [9.17, 15) is 14.4 Å². The summed E-state index contributed by atoms with van der Waals surface area (Å²) in [6, 6.07) is 0. The Bertz CT molecular complexity index is 346. The van der Waals surface area contributed by atoms with Crippen molar-refractivity contribution >= 4 is 17.8 Å². The number of hydrogen-bond donors (Lipinski definition) is 2. The first-order chi connectivity index (χ1) is 6.96.